The first-order valence-electron chi connectivity index (χ1n) is 3.28. The van der Waals surface area contributed by atoms with E-state index in [4.69, 9.17) is 5.73 Å². The first kappa shape index (κ1) is 8.41. The monoisotopic (exact) mass is 168 g/mol. The zero-order valence-electron chi connectivity index (χ0n) is 6.20. The van der Waals surface area contributed by atoms with Crippen molar-refractivity contribution in [2.45, 2.75) is 0 Å². The average molecular weight is 168 g/mol. The lowest BCUT2D eigenvalue weighted by Crippen LogP contribution is -2.23. The standard InChI is InChI=1S/C6H8N4O2/c7-3-6(12)8-4-1-2-5(11)10-9-4/h1-2H,3,7H2,(H,10,11)(H,8,9,12). The Morgan fingerprint density at radius 3 is 2.92 bits per heavy atom. The Labute approximate surface area is 67.8 Å². The van der Waals surface area contributed by atoms with Crippen molar-refractivity contribution in [3.8, 4) is 0 Å². The number of hydrogen-bond donors (Lipinski definition) is 3. The van der Waals surface area contributed by atoms with Crippen molar-refractivity contribution in [1.82, 2.24) is 10.2 Å². The van der Waals surface area contributed by atoms with E-state index in [0.717, 1.165) is 0 Å². The van der Waals surface area contributed by atoms with Gasteiger partial charge in [0.25, 0.3) is 5.56 Å². The van der Waals surface area contributed by atoms with Gasteiger partial charge in [0.05, 0.1) is 6.54 Å². The average Bonchev–Trinajstić information content (AvgIpc) is 2.09. The van der Waals surface area contributed by atoms with Crippen LogP contribution < -0.4 is 16.6 Å². The van der Waals surface area contributed by atoms with Crippen molar-refractivity contribution in [1.29, 1.82) is 0 Å². The first-order chi connectivity index (χ1) is 5.72. The number of nitrogens with zero attached hydrogens (tertiary/aromatic N) is 1. The first-order valence-corrected chi connectivity index (χ1v) is 3.28. The summed E-state index contributed by atoms with van der Waals surface area (Å²) in [7, 11) is 0. The zero-order chi connectivity index (χ0) is 8.97. The number of amides is 1. The quantitative estimate of drug-likeness (QED) is 0.509. The number of nitrogens with two attached hydrogens (primary N) is 1. The number of aromatic amines is 1. The van der Waals surface area contributed by atoms with Gasteiger partial charge in [-0.25, -0.2) is 5.10 Å². The number of H-pyrrole nitrogens is 1. The summed E-state index contributed by atoms with van der Waals surface area (Å²) in [6, 6.07) is 2.66. The van der Waals surface area contributed by atoms with Gasteiger partial charge in [-0.1, -0.05) is 0 Å². The lowest BCUT2D eigenvalue weighted by molar-refractivity contribution is -0.114. The Kier molecular flexibility index (Phi) is 2.54. The van der Waals surface area contributed by atoms with Gasteiger partial charge in [0, 0.05) is 6.07 Å². The highest BCUT2D eigenvalue weighted by molar-refractivity contribution is 5.90. The van der Waals surface area contributed by atoms with Gasteiger partial charge in [0.2, 0.25) is 5.91 Å². The van der Waals surface area contributed by atoms with Crippen LogP contribution in [0.2, 0.25) is 0 Å². The molecule has 0 fully saturated rings. The number of carbonyl (C=O) groups excluding carboxylic acids is 1. The summed E-state index contributed by atoms with van der Waals surface area (Å²) in [5.74, 6) is -0.0698. The minimum atomic E-state index is -0.352. The van der Waals surface area contributed by atoms with Gasteiger partial charge in [-0.3, -0.25) is 9.59 Å². The second-order valence-corrected chi connectivity index (χ2v) is 2.06. The second kappa shape index (κ2) is 3.63. The summed E-state index contributed by atoms with van der Waals surface area (Å²) in [5.41, 5.74) is 4.72. The lowest BCUT2D eigenvalue weighted by Gasteiger charge is -1.99. The lowest BCUT2D eigenvalue weighted by atomic mass is 10.5. The molecule has 1 rings (SSSR count). The molecule has 1 amide bonds. The molecule has 6 heteroatoms. The zero-order valence-corrected chi connectivity index (χ0v) is 6.20. The number of nitrogens with one attached hydrogen (secondary N) is 2. The van der Waals surface area contributed by atoms with Gasteiger partial charge in [0.15, 0.2) is 5.82 Å². The minimum Gasteiger partial charge on any atom is -0.322 e. The Morgan fingerprint density at radius 2 is 2.42 bits per heavy atom. The Morgan fingerprint density at radius 1 is 1.67 bits per heavy atom. The molecule has 0 saturated carbocycles. The molecule has 0 saturated heterocycles. The normalized spacial score (nSPS) is 9.42. The largest absolute Gasteiger partial charge is 0.322 e. The third-order valence-corrected chi connectivity index (χ3v) is 1.13. The van der Waals surface area contributed by atoms with Crippen molar-refractivity contribution in [2.24, 2.45) is 5.73 Å². The molecule has 12 heavy (non-hydrogen) atoms. The van der Waals surface area contributed by atoms with Crippen molar-refractivity contribution >= 4 is 11.7 Å². The minimum absolute atomic E-state index is 0.110. The van der Waals surface area contributed by atoms with Crippen LogP contribution in [0, 0.1) is 0 Å². The van der Waals surface area contributed by atoms with Crippen LogP contribution in [-0.4, -0.2) is 22.6 Å². The van der Waals surface area contributed by atoms with Gasteiger partial charge in [-0.2, -0.15) is 5.10 Å². The van der Waals surface area contributed by atoms with E-state index in [9.17, 15) is 9.59 Å². The van der Waals surface area contributed by atoms with E-state index < -0.39 is 0 Å². The molecule has 0 unspecified atom stereocenters. The maximum absolute atomic E-state index is 10.7. The molecule has 6 nitrogen and oxygen atoms in total. The molecule has 0 aromatic carbocycles. The molecule has 0 aliphatic rings. The van der Waals surface area contributed by atoms with E-state index in [-0.39, 0.29) is 23.8 Å². The summed E-state index contributed by atoms with van der Waals surface area (Å²) < 4.78 is 0. The topological polar surface area (TPSA) is 101 Å². The summed E-state index contributed by atoms with van der Waals surface area (Å²) in [6.45, 7) is -0.110. The van der Waals surface area contributed by atoms with Gasteiger partial charge in [-0.05, 0) is 6.07 Å². The van der Waals surface area contributed by atoms with Crippen LogP contribution >= 0.6 is 0 Å². The highest BCUT2D eigenvalue weighted by atomic mass is 16.2. The number of rotatable bonds is 2. The molecule has 4 N–H and O–H groups in total. The summed E-state index contributed by atoms with van der Waals surface area (Å²) in [5, 5.41) is 8.08. The highest BCUT2D eigenvalue weighted by Gasteiger charge is 1.98. The molecule has 0 aliphatic carbocycles. The molecule has 1 heterocycles. The van der Waals surface area contributed by atoms with Crippen LogP contribution in [0.3, 0.4) is 0 Å². The van der Waals surface area contributed by atoms with Gasteiger partial charge in [-0.15, -0.1) is 0 Å². The van der Waals surface area contributed by atoms with Crippen LogP contribution in [0.4, 0.5) is 5.82 Å². The molecule has 1 aromatic rings. The van der Waals surface area contributed by atoms with Gasteiger partial charge >= 0.3 is 0 Å². The second-order valence-electron chi connectivity index (χ2n) is 2.06. The molecule has 1 aromatic heterocycles. The fourth-order valence-corrected chi connectivity index (χ4v) is 0.608. The maximum Gasteiger partial charge on any atom is 0.264 e. The fraction of sp³-hybridized carbons (Fsp3) is 0.167. The molecule has 0 spiro atoms. The third kappa shape index (κ3) is 2.17. The number of anilines is 1. The van der Waals surface area contributed by atoms with E-state index in [1.165, 1.54) is 12.1 Å². The van der Waals surface area contributed by atoms with E-state index in [0.29, 0.717) is 0 Å². The molecular weight excluding hydrogens is 160 g/mol. The Balaban J connectivity index is 2.71. The SMILES string of the molecule is NCC(=O)Nc1ccc(=O)[nH]n1. The molecular formula is C6H8N4O2. The third-order valence-electron chi connectivity index (χ3n) is 1.13. The molecule has 0 atom stereocenters. The molecule has 0 radical (unpaired) electrons. The smallest absolute Gasteiger partial charge is 0.264 e. The Hall–Kier alpha value is -1.69. The van der Waals surface area contributed by atoms with Crippen LogP contribution in [0.25, 0.3) is 0 Å². The number of carbonyl (C=O) groups is 1. The molecule has 64 valence electrons. The van der Waals surface area contributed by atoms with Gasteiger partial charge in [0.1, 0.15) is 0 Å². The fourth-order valence-electron chi connectivity index (χ4n) is 0.608. The van der Waals surface area contributed by atoms with Crippen molar-refractivity contribution in [2.75, 3.05) is 11.9 Å². The van der Waals surface area contributed by atoms with Crippen molar-refractivity contribution in [3.63, 3.8) is 0 Å². The molecule has 0 aliphatic heterocycles. The summed E-state index contributed by atoms with van der Waals surface area (Å²) in [6.07, 6.45) is 0. The van der Waals surface area contributed by atoms with Crippen LogP contribution in [0.15, 0.2) is 16.9 Å². The van der Waals surface area contributed by atoms with Crippen molar-refractivity contribution < 1.29 is 4.79 Å². The van der Waals surface area contributed by atoms with E-state index in [1.54, 1.807) is 0 Å². The van der Waals surface area contributed by atoms with E-state index in [2.05, 4.69) is 15.5 Å². The van der Waals surface area contributed by atoms with Crippen LogP contribution in [0.1, 0.15) is 0 Å². The summed E-state index contributed by atoms with van der Waals surface area (Å²) in [4.78, 5) is 21.2. The maximum atomic E-state index is 10.7. The number of hydrogen-bond acceptors (Lipinski definition) is 4. The van der Waals surface area contributed by atoms with Gasteiger partial charge < -0.3 is 11.1 Å². The van der Waals surface area contributed by atoms with Crippen LogP contribution in [-0.2, 0) is 4.79 Å². The van der Waals surface area contributed by atoms with Crippen LogP contribution in [0.5, 0.6) is 0 Å². The predicted molar refractivity (Wildman–Crippen MR) is 42.5 cm³/mol. The number of aromatic nitrogens is 2. The summed E-state index contributed by atoms with van der Waals surface area (Å²) >= 11 is 0. The van der Waals surface area contributed by atoms with Crippen molar-refractivity contribution in [3.05, 3.63) is 22.5 Å². The van der Waals surface area contributed by atoms with E-state index in [1.807, 2.05) is 0 Å². The highest BCUT2D eigenvalue weighted by Crippen LogP contribution is 1.93. The Bertz CT molecular complexity index is 312. The van der Waals surface area contributed by atoms with E-state index >= 15 is 0 Å². The predicted octanol–water partition coefficient (Wildman–Crippen LogP) is -1.33. The molecule has 0 bridgehead atoms.